The zero-order valence-corrected chi connectivity index (χ0v) is 20.0. The van der Waals surface area contributed by atoms with Crippen molar-refractivity contribution in [3.63, 3.8) is 0 Å². The summed E-state index contributed by atoms with van der Waals surface area (Å²) in [5, 5.41) is 7.18. The lowest BCUT2D eigenvalue weighted by Gasteiger charge is -2.29. The third-order valence-corrected chi connectivity index (χ3v) is 6.26. The molecule has 0 aromatic heterocycles. The molecule has 6 nitrogen and oxygen atoms in total. The molecule has 1 unspecified atom stereocenters. The predicted octanol–water partition coefficient (Wildman–Crippen LogP) is 4.74. The van der Waals surface area contributed by atoms with Crippen LogP contribution in [0.1, 0.15) is 61.3 Å². The molecule has 0 spiro atoms. The highest BCUT2D eigenvalue weighted by molar-refractivity contribution is 6.34. The summed E-state index contributed by atoms with van der Waals surface area (Å²) in [5.41, 5.74) is 4.89. The third-order valence-electron chi connectivity index (χ3n) is 6.26. The molecule has 0 bridgehead atoms. The van der Waals surface area contributed by atoms with E-state index in [4.69, 9.17) is 10.1 Å². The van der Waals surface area contributed by atoms with Crippen molar-refractivity contribution < 1.29 is 19.1 Å². The number of carbonyl (C=O) groups excluding carboxylic acids is 3. The predicted molar refractivity (Wildman–Crippen MR) is 132 cm³/mol. The van der Waals surface area contributed by atoms with Crippen LogP contribution >= 0.6 is 0 Å². The lowest BCUT2D eigenvalue weighted by molar-refractivity contribution is -0.139. The standard InChI is InChI=1S/C28H32N2O4/c1-4-21-9-6-11-23(15-21)25(22-10-5-8-19(2)14-22)16-24-12-7-13-30(24)28(33)17-27(26(32)18-29)34-20(3)31/h5-6,8-11,14-15,17-18,24-25,29H,4,7,12-13,16H2,1-3H3/b27-17-,29-18?/t24-,25?/m1/s1. The van der Waals surface area contributed by atoms with E-state index >= 15 is 0 Å². The number of benzene rings is 2. The number of ether oxygens (including phenoxy) is 1. The van der Waals surface area contributed by atoms with Crippen molar-refractivity contribution in [2.24, 2.45) is 0 Å². The number of rotatable bonds is 9. The zero-order chi connectivity index (χ0) is 24.7. The minimum Gasteiger partial charge on any atom is -0.422 e. The molecule has 1 fully saturated rings. The lowest BCUT2D eigenvalue weighted by atomic mass is 9.84. The Kier molecular flexibility index (Phi) is 8.52. The number of nitrogens with one attached hydrogen (secondary N) is 1. The summed E-state index contributed by atoms with van der Waals surface area (Å²) < 4.78 is 4.90. The van der Waals surface area contributed by atoms with Crippen molar-refractivity contribution in [3.8, 4) is 0 Å². The first-order chi connectivity index (χ1) is 16.3. The van der Waals surface area contributed by atoms with E-state index in [9.17, 15) is 14.4 Å². The van der Waals surface area contributed by atoms with E-state index in [1.807, 2.05) is 0 Å². The van der Waals surface area contributed by atoms with Crippen LogP contribution in [0.5, 0.6) is 0 Å². The first-order valence-electron chi connectivity index (χ1n) is 11.7. The molecule has 6 heteroatoms. The first-order valence-corrected chi connectivity index (χ1v) is 11.7. The molecule has 1 aliphatic rings. The van der Waals surface area contributed by atoms with Crippen LogP contribution in [-0.2, 0) is 25.5 Å². The number of hydrogen-bond donors (Lipinski definition) is 1. The molecule has 2 aromatic rings. The van der Waals surface area contributed by atoms with Crippen molar-refractivity contribution >= 4 is 23.9 Å². The van der Waals surface area contributed by atoms with Gasteiger partial charge < -0.3 is 15.0 Å². The molecule has 1 N–H and O–H groups in total. The highest BCUT2D eigenvalue weighted by atomic mass is 16.5. The highest BCUT2D eigenvalue weighted by Crippen LogP contribution is 2.35. The molecule has 3 rings (SSSR count). The maximum Gasteiger partial charge on any atom is 0.308 e. The van der Waals surface area contributed by atoms with Crippen molar-refractivity contribution in [2.75, 3.05) is 6.54 Å². The average molecular weight is 461 g/mol. The minimum absolute atomic E-state index is 0.0202. The van der Waals surface area contributed by atoms with Gasteiger partial charge in [0.1, 0.15) is 0 Å². The number of nitrogens with zero attached hydrogens (tertiary/aromatic N) is 1. The summed E-state index contributed by atoms with van der Waals surface area (Å²) in [6, 6.07) is 17.1. The third kappa shape index (κ3) is 6.28. The number of hydrogen-bond acceptors (Lipinski definition) is 5. The summed E-state index contributed by atoms with van der Waals surface area (Å²) in [6.45, 7) is 5.95. The summed E-state index contributed by atoms with van der Waals surface area (Å²) in [6.07, 6.45) is 5.01. The van der Waals surface area contributed by atoms with Gasteiger partial charge in [-0.05, 0) is 49.3 Å². The maximum absolute atomic E-state index is 13.1. The van der Waals surface area contributed by atoms with Gasteiger partial charge in [-0.25, -0.2) is 0 Å². The van der Waals surface area contributed by atoms with Crippen LogP contribution in [0.2, 0.25) is 0 Å². The average Bonchev–Trinajstić information content (AvgIpc) is 3.29. The van der Waals surface area contributed by atoms with Crippen LogP contribution in [0.15, 0.2) is 60.4 Å². The monoisotopic (exact) mass is 460 g/mol. The molecule has 34 heavy (non-hydrogen) atoms. The second kappa shape index (κ2) is 11.5. The van der Waals surface area contributed by atoms with Gasteiger partial charge in [0.2, 0.25) is 5.78 Å². The Balaban J connectivity index is 1.91. The number of esters is 1. The van der Waals surface area contributed by atoms with Gasteiger partial charge in [-0.1, -0.05) is 61.0 Å². The molecule has 0 saturated carbocycles. The van der Waals surface area contributed by atoms with Gasteiger partial charge in [0.05, 0.1) is 12.3 Å². The van der Waals surface area contributed by atoms with Gasteiger partial charge in [0.15, 0.2) is 5.76 Å². The van der Waals surface area contributed by atoms with Crippen LogP contribution in [0, 0.1) is 12.3 Å². The van der Waals surface area contributed by atoms with Crippen LogP contribution in [0.4, 0.5) is 0 Å². The van der Waals surface area contributed by atoms with E-state index in [1.165, 1.54) is 22.3 Å². The molecular weight excluding hydrogens is 428 g/mol. The van der Waals surface area contributed by atoms with Gasteiger partial charge in [0.25, 0.3) is 5.91 Å². The molecule has 0 aliphatic carbocycles. The SMILES string of the molecule is CCc1cccc(C(C[C@H]2CCCN2C(=O)/C=C(\OC(C)=O)C(=O)C=N)c2cccc(C)c2)c1. The molecule has 0 radical (unpaired) electrons. The van der Waals surface area contributed by atoms with Crippen molar-refractivity contribution in [3.05, 3.63) is 82.6 Å². The van der Waals surface area contributed by atoms with Crippen molar-refractivity contribution in [1.82, 2.24) is 4.90 Å². The molecule has 1 aliphatic heterocycles. The minimum atomic E-state index is -0.812. The van der Waals surface area contributed by atoms with Gasteiger partial charge >= 0.3 is 5.97 Å². The second-order valence-electron chi connectivity index (χ2n) is 8.74. The number of ketones is 1. The van der Waals surface area contributed by atoms with E-state index in [0.29, 0.717) is 12.8 Å². The number of allylic oxidation sites excluding steroid dienone is 1. The number of carbonyl (C=O) groups is 3. The number of Topliss-reactive ketones (excluding diaryl/α,β-unsaturated/α-hetero) is 1. The van der Waals surface area contributed by atoms with Crippen molar-refractivity contribution in [1.29, 1.82) is 5.41 Å². The lowest BCUT2D eigenvalue weighted by Crippen LogP contribution is -2.36. The Morgan fingerprint density at radius 3 is 2.50 bits per heavy atom. The maximum atomic E-state index is 13.1. The Labute approximate surface area is 201 Å². The van der Waals surface area contributed by atoms with Crippen LogP contribution in [0.3, 0.4) is 0 Å². The first kappa shape index (κ1) is 25.1. The fourth-order valence-corrected chi connectivity index (χ4v) is 4.60. The Bertz CT molecular complexity index is 1110. The largest absolute Gasteiger partial charge is 0.422 e. The van der Waals surface area contributed by atoms with Gasteiger partial charge in [-0.15, -0.1) is 0 Å². The second-order valence-corrected chi connectivity index (χ2v) is 8.74. The van der Waals surface area contributed by atoms with Gasteiger partial charge in [-0.3, -0.25) is 14.4 Å². The van der Waals surface area contributed by atoms with Crippen molar-refractivity contribution in [2.45, 2.75) is 58.4 Å². The molecule has 2 atom stereocenters. The van der Waals surface area contributed by atoms with E-state index < -0.39 is 17.5 Å². The van der Waals surface area contributed by atoms with E-state index in [1.54, 1.807) is 4.90 Å². The Hall–Kier alpha value is -3.54. The highest BCUT2D eigenvalue weighted by Gasteiger charge is 2.32. The summed E-state index contributed by atoms with van der Waals surface area (Å²) in [5.74, 6) is -2.19. The van der Waals surface area contributed by atoms with Gasteiger partial charge in [0, 0.05) is 25.4 Å². The van der Waals surface area contributed by atoms with Gasteiger partial charge in [-0.2, -0.15) is 0 Å². The van der Waals surface area contributed by atoms with Crippen LogP contribution in [-0.4, -0.2) is 41.4 Å². The topological polar surface area (TPSA) is 87.5 Å². The molecule has 1 heterocycles. The summed E-state index contributed by atoms with van der Waals surface area (Å²) in [4.78, 5) is 38.2. The van der Waals surface area contributed by atoms with E-state index in [2.05, 4.69) is 62.4 Å². The fourth-order valence-electron chi connectivity index (χ4n) is 4.60. The molecule has 2 aromatic carbocycles. The Morgan fingerprint density at radius 1 is 1.15 bits per heavy atom. The number of likely N-dealkylation sites (tertiary alicyclic amines) is 1. The molecule has 1 amide bonds. The Morgan fingerprint density at radius 2 is 1.85 bits per heavy atom. The smallest absolute Gasteiger partial charge is 0.308 e. The van der Waals surface area contributed by atoms with E-state index in [-0.39, 0.29) is 17.9 Å². The summed E-state index contributed by atoms with van der Waals surface area (Å²) in [7, 11) is 0. The normalized spacial score (nSPS) is 16.7. The summed E-state index contributed by atoms with van der Waals surface area (Å²) >= 11 is 0. The molecule has 178 valence electrons. The number of amides is 1. The quantitative estimate of drug-likeness (QED) is 0.253. The molecular formula is C28H32N2O4. The van der Waals surface area contributed by atoms with Crippen LogP contribution in [0.25, 0.3) is 0 Å². The zero-order valence-electron chi connectivity index (χ0n) is 20.0. The van der Waals surface area contributed by atoms with Crippen LogP contribution < -0.4 is 0 Å². The molecule has 1 saturated heterocycles. The van der Waals surface area contributed by atoms with E-state index in [0.717, 1.165) is 38.7 Å². The fraction of sp³-hybridized carbons (Fsp3) is 0.357. The number of aryl methyl sites for hydroxylation is 2.